The normalized spacial score (nSPS) is 13.2. The van der Waals surface area contributed by atoms with Crippen LogP contribution < -0.4 is 5.32 Å². The maximum absolute atomic E-state index is 12.8. The number of aromatic nitrogens is 3. The summed E-state index contributed by atoms with van der Waals surface area (Å²) in [4.78, 5) is 12.0. The molecule has 0 aliphatic rings. The third kappa shape index (κ3) is 5.62. The monoisotopic (exact) mass is 374 g/mol. The largest absolute Gasteiger partial charge is 0.417 e. The molecule has 2 rings (SSSR count). The molecule has 1 unspecified atom stereocenters. The minimum Gasteiger partial charge on any atom is -0.353 e. The van der Waals surface area contributed by atoms with Crippen LogP contribution in [0.5, 0.6) is 0 Å². The number of amides is 1. The van der Waals surface area contributed by atoms with Crippen LogP contribution in [0.3, 0.4) is 0 Å². The molecule has 0 bridgehead atoms. The molecule has 0 aliphatic heterocycles. The summed E-state index contributed by atoms with van der Waals surface area (Å²) in [6, 6.07) is 2.30. The fourth-order valence-electron chi connectivity index (χ4n) is 2.36. The SMILES string of the molecule is CCCCCC(C)NC(=O)CSc1nnc2ccc(C(F)(F)F)cn12. The highest BCUT2D eigenvalue weighted by molar-refractivity contribution is 7.99. The molecule has 0 radical (unpaired) electrons. The number of alkyl halides is 3. The average molecular weight is 374 g/mol. The Morgan fingerprint density at radius 3 is 2.76 bits per heavy atom. The fraction of sp³-hybridized carbons (Fsp3) is 0.562. The second-order valence-corrected chi connectivity index (χ2v) is 6.82. The van der Waals surface area contributed by atoms with Gasteiger partial charge in [0.1, 0.15) is 0 Å². The first-order valence-corrected chi connectivity index (χ1v) is 9.14. The first kappa shape index (κ1) is 19.6. The van der Waals surface area contributed by atoms with E-state index in [1.165, 1.54) is 10.5 Å². The van der Waals surface area contributed by atoms with Crippen LogP contribution in [0, 0.1) is 0 Å². The summed E-state index contributed by atoms with van der Waals surface area (Å²) in [5, 5.41) is 10.8. The minimum absolute atomic E-state index is 0.0756. The summed E-state index contributed by atoms with van der Waals surface area (Å²) in [6.07, 6.45) is 0.723. The average Bonchev–Trinajstić information content (AvgIpc) is 2.94. The summed E-state index contributed by atoms with van der Waals surface area (Å²) < 4.78 is 39.7. The smallest absolute Gasteiger partial charge is 0.353 e. The quantitative estimate of drug-likeness (QED) is 0.562. The number of rotatable bonds is 8. The van der Waals surface area contributed by atoms with Gasteiger partial charge in [-0.15, -0.1) is 10.2 Å². The van der Waals surface area contributed by atoms with Gasteiger partial charge >= 0.3 is 6.18 Å². The van der Waals surface area contributed by atoms with Crippen molar-refractivity contribution >= 4 is 23.3 Å². The molecule has 0 saturated heterocycles. The molecule has 0 fully saturated rings. The number of halogens is 3. The van der Waals surface area contributed by atoms with Crippen molar-refractivity contribution in [1.29, 1.82) is 0 Å². The zero-order chi connectivity index (χ0) is 18.4. The van der Waals surface area contributed by atoms with Crippen molar-refractivity contribution in [3.63, 3.8) is 0 Å². The third-order valence-electron chi connectivity index (χ3n) is 3.68. The molecule has 0 spiro atoms. The molecule has 5 nitrogen and oxygen atoms in total. The third-order valence-corrected chi connectivity index (χ3v) is 4.62. The van der Waals surface area contributed by atoms with E-state index < -0.39 is 11.7 Å². The van der Waals surface area contributed by atoms with E-state index in [9.17, 15) is 18.0 Å². The van der Waals surface area contributed by atoms with Gasteiger partial charge in [0.05, 0.1) is 11.3 Å². The van der Waals surface area contributed by atoms with Crippen molar-refractivity contribution in [3.05, 3.63) is 23.9 Å². The highest BCUT2D eigenvalue weighted by Crippen LogP contribution is 2.30. The van der Waals surface area contributed by atoms with E-state index in [-0.39, 0.29) is 22.9 Å². The van der Waals surface area contributed by atoms with Crippen LogP contribution in [-0.4, -0.2) is 32.3 Å². The number of hydrogen-bond donors (Lipinski definition) is 1. The number of pyridine rings is 1. The molecule has 0 aliphatic carbocycles. The van der Waals surface area contributed by atoms with E-state index >= 15 is 0 Å². The second kappa shape index (κ2) is 8.55. The predicted molar refractivity (Wildman–Crippen MR) is 90.5 cm³/mol. The summed E-state index contributed by atoms with van der Waals surface area (Å²) in [6.45, 7) is 4.06. The summed E-state index contributed by atoms with van der Waals surface area (Å²) in [7, 11) is 0. The molecule has 1 amide bonds. The second-order valence-electron chi connectivity index (χ2n) is 5.88. The molecule has 25 heavy (non-hydrogen) atoms. The van der Waals surface area contributed by atoms with Gasteiger partial charge in [-0.1, -0.05) is 37.9 Å². The molecule has 1 N–H and O–H groups in total. The molecule has 1 atom stereocenters. The lowest BCUT2D eigenvalue weighted by atomic mass is 10.1. The van der Waals surface area contributed by atoms with E-state index in [2.05, 4.69) is 22.4 Å². The van der Waals surface area contributed by atoms with Crippen molar-refractivity contribution in [3.8, 4) is 0 Å². The Labute approximate surface area is 148 Å². The number of unbranched alkanes of at least 4 members (excludes halogenated alkanes) is 2. The Balaban J connectivity index is 1.95. The number of nitrogens with one attached hydrogen (secondary N) is 1. The van der Waals surface area contributed by atoms with Crippen molar-refractivity contribution in [2.45, 2.75) is 56.9 Å². The lowest BCUT2D eigenvalue weighted by Gasteiger charge is -2.13. The summed E-state index contributed by atoms with van der Waals surface area (Å²) in [5.74, 6) is -0.0902. The number of carbonyl (C=O) groups is 1. The van der Waals surface area contributed by atoms with Crippen LogP contribution in [-0.2, 0) is 11.0 Å². The van der Waals surface area contributed by atoms with Crippen molar-refractivity contribution < 1.29 is 18.0 Å². The van der Waals surface area contributed by atoms with Crippen LogP contribution in [0.4, 0.5) is 13.2 Å². The van der Waals surface area contributed by atoms with Gasteiger partial charge in [-0.2, -0.15) is 13.2 Å². The lowest BCUT2D eigenvalue weighted by Crippen LogP contribution is -2.33. The standard InChI is InChI=1S/C16H21F3N4OS/c1-3-4-5-6-11(2)20-14(24)10-25-15-22-21-13-8-7-12(9-23(13)15)16(17,18)19/h7-9,11H,3-6,10H2,1-2H3,(H,20,24). The summed E-state index contributed by atoms with van der Waals surface area (Å²) in [5.41, 5.74) is -0.473. The molecule has 2 aromatic heterocycles. The number of hydrogen-bond acceptors (Lipinski definition) is 4. The molecule has 2 heterocycles. The van der Waals surface area contributed by atoms with Crippen LogP contribution in [0.1, 0.15) is 45.1 Å². The molecule has 138 valence electrons. The Hall–Kier alpha value is -1.77. The zero-order valence-corrected chi connectivity index (χ0v) is 15.0. The number of nitrogens with zero attached hydrogens (tertiary/aromatic N) is 3. The van der Waals surface area contributed by atoms with E-state index in [4.69, 9.17) is 0 Å². The number of carbonyl (C=O) groups excluding carboxylic acids is 1. The molecule has 2 aromatic rings. The molecular formula is C16H21F3N4OS. The van der Waals surface area contributed by atoms with Crippen molar-refractivity contribution in [1.82, 2.24) is 19.9 Å². The van der Waals surface area contributed by atoms with E-state index in [0.29, 0.717) is 5.65 Å². The van der Waals surface area contributed by atoms with Gasteiger partial charge in [0.15, 0.2) is 10.8 Å². The highest BCUT2D eigenvalue weighted by Gasteiger charge is 2.31. The lowest BCUT2D eigenvalue weighted by molar-refractivity contribution is -0.137. The topological polar surface area (TPSA) is 59.3 Å². The molecular weight excluding hydrogens is 353 g/mol. The van der Waals surface area contributed by atoms with Gasteiger partial charge in [0.25, 0.3) is 0 Å². The Bertz CT molecular complexity index is 717. The maximum Gasteiger partial charge on any atom is 0.417 e. The zero-order valence-electron chi connectivity index (χ0n) is 14.1. The van der Waals surface area contributed by atoms with Crippen LogP contribution in [0.15, 0.2) is 23.5 Å². The van der Waals surface area contributed by atoms with Crippen LogP contribution in [0.25, 0.3) is 5.65 Å². The van der Waals surface area contributed by atoms with Crippen LogP contribution >= 0.6 is 11.8 Å². The highest BCUT2D eigenvalue weighted by atomic mass is 32.2. The van der Waals surface area contributed by atoms with Crippen molar-refractivity contribution in [2.75, 3.05) is 5.75 Å². The Morgan fingerprint density at radius 1 is 1.32 bits per heavy atom. The van der Waals surface area contributed by atoms with Gasteiger partial charge in [0, 0.05) is 12.2 Å². The van der Waals surface area contributed by atoms with Crippen LogP contribution in [0.2, 0.25) is 0 Å². The number of thioether (sulfide) groups is 1. The van der Waals surface area contributed by atoms with Gasteiger partial charge in [-0.05, 0) is 25.5 Å². The van der Waals surface area contributed by atoms with Gasteiger partial charge in [-0.3, -0.25) is 9.20 Å². The van der Waals surface area contributed by atoms with Gasteiger partial charge < -0.3 is 5.32 Å². The van der Waals surface area contributed by atoms with E-state index in [1.807, 2.05) is 6.92 Å². The fourth-order valence-corrected chi connectivity index (χ4v) is 3.08. The number of fused-ring (bicyclic) bond motifs is 1. The maximum atomic E-state index is 12.8. The molecule has 0 saturated carbocycles. The summed E-state index contributed by atoms with van der Waals surface area (Å²) >= 11 is 1.06. The predicted octanol–water partition coefficient (Wildman–Crippen LogP) is 3.93. The van der Waals surface area contributed by atoms with Crippen molar-refractivity contribution in [2.24, 2.45) is 0 Å². The van der Waals surface area contributed by atoms with E-state index in [1.54, 1.807) is 0 Å². The van der Waals surface area contributed by atoms with Gasteiger partial charge in [-0.25, -0.2) is 0 Å². The first-order valence-electron chi connectivity index (χ1n) is 8.15. The van der Waals surface area contributed by atoms with E-state index in [0.717, 1.165) is 49.7 Å². The molecule has 0 aromatic carbocycles. The minimum atomic E-state index is -4.44. The molecule has 9 heteroatoms. The first-order chi connectivity index (χ1) is 11.8. The Kier molecular flexibility index (Phi) is 6.69. The van der Waals surface area contributed by atoms with Gasteiger partial charge in [0.2, 0.25) is 5.91 Å². The Morgan fingerprint density at radius 2 is 2.08 bits per heavy atom.